The highest BCUT2D eigenvalue weighted by molar-refractivity contribution is 7.20. The first kappa shape index (κ1) is 8.78. The fourth-order valence-electron chi connectivity index (χ4n) is 1.58. The lowest BCUT2D eigenvalue weighted by atomic mass is 10.3. The van der Waals surface area contributed by atoms with Crippen molar-refractivity contribution in [1.82, 2.24) is 4.23 Å². The summed E-state index contributed by atoms with van der Waals surface area (Å²) in [6.45, 7) is 3.53. The second kappa shape index (κ2) is 3.39. The van der Waals surface area contributed by atoms with Crippen molar-refractivity contribution in [3.05, 3.63) is 0 Å². The molecule has 4 heteroatoms. The minimum atomic E-state index is -1.35. The molecule has 10 heavy (non-hydrogen) atoms. The molecule has 1 saturated heterocycles. The van der Waals surface area contributed by atoms with Crippen LogP contribution in [0, 0.1) is 0 Å². The first-order chi connectivity index (χ1) is 4.69. The SMILES string of the molecule is CC[Si]1(Cl)CCCCN1[SiH3]. The summed E-state index contributed by atoms with van der Waals surface area (Å²) in [5.74, 6) is 0. The zero-order valence-electron chi connectivity index (χ0n) is 6.86. The van der Waals surface area contributed by atoms with Crippen molar-refractivity contribution in [2.75, 3.05) is 6.54 Å². The molecular formula is C6H16ClNSi2. The molecule has 0 aromatic heterocycles. The van der Waals surface area contributed by atoms with Gasteiger partial charge in [-0.05, 0) is 25.1 Å². The van der Waals surface area contributed by atoms with E-state index in [0.717, 1.165) is 0 Å². The zero-order chi connectivity index (χ0) is 7.61. The molecule has 1 nitrogen and oxygen atoms in total. The number of rotatable bonds is 1. The Kier molecular flexibility index (Phi) is 2.97. The van der Waals surface area contributed by atoms with Gasteiger partial charge < -0.3 is 4.23 Å². The summed E-state index contributed by atoms with van der Waals surface area (Å²) in [5, 5.41) is 0. The molecule has 1 heterocycles. The molecule has 0 bridgehead atoms. The molecule has 0 radical (unpaired) electrons. The maximum atomic E-state index is 6.51. The van der Waals surface area contributed by atoms with Gasteiger partial charge in [-0.3, -0.25) is 0 Å². The van der Waals surface area contributed by atoms with Gasteiger partial charge in [0.2, 0.25) is 7.55 Å². The molecule has 1 aliphatic heterocycles. The molecule has 1 unspecified atom stereocenters. The van der Waals surface area contributed by atoms with Crippen LogP contribution >= 0.6 is 11.1 Å². The van der Waals surface area contributed by atoms with Crippen LogP contribution in [0.3, 0.4) is 0 Å². The van der Waals surface area contributed by atoms with Crippen molar-refractivity contribution >= 4 is 29.0 Å². The van der Waals surface area contributed by atoms with E-state index in [4.69, 9.17) is 11.1 Å². The molecule has 0 saturated carbocycles. The maximum absolute atomic E-state index is 6.51. The summed E-state index contributed by atoms with van der Waals surface area (Å²) in [6, 6.07) is 2.56. The van der Waals surface area contributed by atoms with Crippen LogP contribution in [0.25, 0.3) is 0 Å². The van der Waals surface area contributed by atoms with Crippen LogP contribution < -0.4 is 0 Å². The van der Waals surface area contributed by atoms with Gasteiger partial charge in [0.05, 0.1) is 10.4 Å². The van der Waals surface area contributed by atoms with Crippen molar-refractivity contribution in [3.8, 4) is 0 Å². The van der Waals surface area contributed by atoms with E-state index in [1.807, 2.05) is 0 Å². The third kappa shape index (κ3) is 1.64. The molecule has 1 atom stereocenters. The zero-order valence-corrected chi connectivity index (χ0v) is 10.6. The molecule has 1 rings (SSSR count). The Bertz CT molecular complexity index is 122. The largest absolute Gasteiger partial charge is 0.341 e. The van der Waals surface area contributed by atoms with E-state index in [-0.39, 0.29) is 0 Å². The fourth-order valence-corrected chi connectivity index (χ4v) is 6.80. The highest BCUT2D eigenvalue weighted by Gasteiger charge is 2.35. The van der Waals surface area contributed by atoms with Gasteiger partial charge in [-0.15, -0.1) is 11.1 Å². The highest BCUT2D eigenvalue weighted by atomic mass is 35.6. The minimum absolute atomic E-state index is 1.18. The number of hydrogen-bond acceptors (Lipinski definition) is 1. The van der Waals surface area contributed by atoms with Crippen LogP contribution in [0.5, 0.6) is 0 Å². The fraction of sp³-hybridized carbons (Fsp3) is 1.00. The molecule has 0 spiro atoms. The summed E-state index contributed by atoms with van der Waals surface area (Å²) in [4.78, 5) is 0. The molecule has 0 N–H and O–H groups in total. The van der Waals surface area contributed by atoms with Crippen molar-refractivity contribution in [1.29, 1.82) is 0 Å². The van der Waals surface area contributed by atoms with Crippen LogP contribution in [0.1, 0.15) is 19.8 Å². The summed E-state index contributed by atoms with van der Waals surface area (Å²) in [5.41, 5.74) is 0. The van der Waals surface area contributed by atoms with Crippen LogP contribution in [0.2, 0.25) is 12.1 Å². The lowest BCUT2D eigenvalue weighted by molar-refractivity contribution is 0.558. The minimum Gasteiger partial charge on any atom is -0.341 e. The molecule has 0 aromatic rings. The van der Waals surface area contributed by atoms with Gasteiger partial charge in [0.15, 0.2) is 0 Å². The van der Waals surface area contributed by atoms with Gasteiger partial charge in [0.25, 0.3) is 0 Å². The second-order valence-corrected chi connectivity index (χ2v) is 11.0. The first-order valence-corrected chi connectivity index (χ1v) is 8.36. The monoisotopic (exact) mass is 193 g/mol. The van der Waals surface area contributed by atoms with Crippen LogP contribution in [-0.4, -0.2) is 28.7 Å². The van der Waals surface area contributed by atoms with Gasteiger partial charge in [-0.25, -0.2) is 0 Å². The Morgan fingerprint density at radius 2 is 2.30 bits per heavy atom. The topological polar surface area (TPSA) is 3.24 Å². The van der Waals surface area contributed by atoms with Crippen molar-refractivity contribution in [2.24, 2.45) is 0 Å². The van der Waals surface area contributed by atoms with Crippen molar-refractivity contribution in [3.63, 3.8) is 0 Å². The number of nitrogens with zero attached hydrogens (tertiary/aromatic N) is 1. The lowest BCUT2D eigenvalue weighted by Gasteiger charge is -2.37. The van der Waals surface area contributed by atoms with Gasteiger partial charge in [0, 0.05) is 0 Å². The predicted octanol–water partition coefficient (Wildman–Crippen LogP) is 1.06. The van der Waals surface area contributed by atoms with Crippen molar-refractivity contribution in [2.45, 2.75) is 31.9 Å². The van der Waals surface area contributed by atoms with E-state index < -0.39 is 7.55 Å². The Labute approximate surface area is 72.0 Å². The average molecular weight is 194 g/mol. The van der Waals surface area contributed by atoms with Crippen LogP contribution in [0.15, 0.2) is 0 Å². The maximum Gasteiger partial charge on any atom is 0.221 e. The van der Waals surface area contributed by atoms with Crippen LogP contribution in [-0.2, 0) is 0 Å². The van der Waals surface area contributed by atoms with Crippen LogP contribution in [0.4, 0.5) is 0 Å². The van der Waals surface area contributed by atoms with E-state index in [9.17, 15) is 0 Å². The summed E-state index contributed by atoms with van der Waals surface area (Å²) in [7, 11) is -0.165. The molecule has 60 valence electrons. The average Bonchev–Trinajstić information content (AvgIpc) is 1.96. The van der Waals surface area contributed by atoms with Crippen molar-refractivity contribution < 1.29 is 0 Å². The van der Waals surface area contributed by atoms with E-state index in [1.54, 1.807) is 0 Å². The molecule has 0 amide bonds. The first-order valence-electron chi connectivity index (χ1n) is 4.09. The molecule has 0 aliphatic carbocycles. The smallest absolute Gasteiger partial charge is 0.221 e. The summed E-state index contributed by atoms with van der Waals surface area (Å²) in [6.07, 6.45) is 2.76. The Morgan fingerprint density at radius 1 is 1.60 bits per heavy atom. The van der Waals surface area contributed by atoms with Gasteiger partial charge in [-0.1, -0.05) is 13.3 Å². The van der Waals surface area contributed by atoms with E-state index in [0.29, 0.717) is 0 Å². The van der Waals surface area contributed by atoms with Gasteiger partial charge in [0.1, 0.15) is 0 Å². The van der Waals surface area contributed by atoms with Gasteiger partial charge in [-0.2, -0.15) is 0 Å². The van der Waals surface area contributed by atoms with Gasteiger partial charge >= 0.3 is 0 Å². The predicted molar refractivity (Wildman–Crippen MR) is 52.8 cm³/mol. The second-order valence-electron chi connectivity index (χ2n) is 3.15. The quantitative estimate of drug-likeness (QED) is 0.445. The van der Waals surface area contributed by atoms with E-state index in [1.165, 1.54) is 41.9 Å². The van der Waals surface area contributed by atoms with E-state index >= 15 is 0 Å². The number of hydrogen-bond donors (Lipinski definition) is 0. The molecule has 1 fully saturated rings. The summed E-state index contributed by atoms with van der Waals surface area (Å²) >= 11 is 6.51. The third-order valence-electron chi connectivity index (χ3n) is 2.53. The summed E-state index contributed by atoms with van der Waals surface area (Å²) < 4.78 is 2.55. The Balaban J connectivity index is 2.54. The Hall–Kier alpha value is 0.684. The third-order valence-corrected chi connectivity index (χ3v) is 12.4. The molecular weight excluding hydrogens is 178 g/mol. The lowest BCUT2D eigenvalue weighted by Crippen LogP contribution is -2.50. The highest BCUT2D eigenvalue weighted by Crippen LogP contribution is 2.29. The normalized spacial score (nSPS) is 36.6. The number of halogens is 1. The molecule has 0 aromatic carbocycles. The standard InChI is InChI=1S/C6H16ClNSi2/c1-2-10(7)6-4-3-5-8(10)9/h2-6H2,1,9H3. The van der Waals surface area contributed by atoms with E-state index in [2.05, 4.69) is 11.2 Å². The Morgan fingerprint density at radius 3 is 2.70 bits per heavy atom. The molecule has 1 aliphatic rings.